The average molecular weight is 273 g/mol. The zero-order chi connectivity index (χ0) is 14.0. The Morgan fingerprint density at radius 1 is 1.42 bits per heavy atom. The third kappa shape index (κ3) is 3.04. The average Bonchev–Trinajstić information content (AvgIpc) is 2.61. The van der Waals surface area contributed by atoms with Crippen LogP contribution in [0.4, 0.5) is 14.5 Å². The van der Waals surface area contributed by atoms with Crippen molar-refractivity contribution in [2.75, 3.05) is 5.32 Å². The van der Waals surface area contributed by atoms with E-state index in [9.17, 15) is 13.6 Å². The van der Waals surface area contributed by atoms with Crippen LogP contribution in [0.25, 0.3) is 0 Å². The number of hydrogen-bond donors (Lipinski definition) is 2. The Morgan fingerprint density at radius 2 is 2.11 bits per heavy atom. The van der Waals surface area contributed by atoms with E-state index in [1.807, 2.05) is 6.92 Å². The number of carboxylic acid groups (broad SMARTS) is 1. The van der Waals surface area contributed by atoms with E-state index in [-0.39, 0.29) is 11.5 Å². The third-order valence-corrected chi connectivity index (χ3v) is 2.62. The van der Waals surface area contributed by atoms with Gasteiger partial charge in [0.1, 0.15) is 6.04 Å². The van der Waals surface area contributed by atoms with E-state index >= 15 is 0 Å². The molecule has 2 N–H and O–H groups in total. The Labute approximate surface area is 108 Å². The number of fused-ring (bicyclic) bond motifs is 1. The number of hydrogen-bond acceptors (Lipinski definition) is 4. The molecule has 0 spiro atoms. The first-order chi connectivity index (χ1) is 8.91. The molecule has 1 aliphatic heterocycles. The second-order valence-electron chi connectivity index (χ2n) is 4.15. The molecular formula is C12H13F2NO4. The van der Waals surface area contributed by atoms with Crippen molar-refractivity contribution in [3.05, 3.63) is 18.2 Å². The standard InChI is InChI=1S/C12H13F2NO4/c1-2-3-8(11(16)17)15-7-4-5-9-10(6-7)19-12(13,14)18-9/h4-6,8,15H,2-3H2,1H3,(H,16,17). The molecule has 0 saturated carbocycles. The van der Waals surface area contributed by atoms with Gasteiger partial charge in [0, 0.05) is 11.8 Å². The second-order valence-corrected chi connectivity index (χ2v) is 4.15. The molecule has 0 radical (unpaired) electrons. The van der Waals surface area contributed by atoms with E-state index in [0.29, 0.717) is 18.5 Å². The van der Waals surface area contributed by atoms with E-state index in [1.165, 1.54) is 18.2 Å². The fraction of sp³-hybridized carbons (Fsp3) is 0.417. The summed E-state index contributed by atoms with van der Waals surface area (Å²) in [7, 11) is 0. The van der Waals surface area contributed by atoms with Gasteiger partial charge in [0.05, 0.1) is 0 Å². The number of halogens is 2. The summed E-state index contributed by atoms with van der Waals surface area (Å²) < 4.78 is 34.2. The summed E-state index contributed by atoms with van der Waals surface area (Å²) >= 11 is 0. The van der Waals surface area contributed by atoms with E-state index in [0.717, 1.165) is 0 Å². The highest BCUT2D eigenvalue weighted by atomic mass is 19.3. The normalized spacial score (nSPS) is 17.0. The van der Waals surface area contributed by atoms with Gasteiger partial charge in [0.15, 0.2) is 11.5 Å². The number of alkyl halides is 2. The topological polar surface area (TPSA) is 67.8 Å². The smallest absolute Gasteiger partial charge is 0.480 e. The van der Waals surface area contributed by atoms with Gasteiger partial charge in [-0.15, -0.1) is 8.78 Å². The molecule has 0 aliphatic carbocycles. The van der Waals surface area contributed by atoms with Gasteiger partial charge in [-0.2, -0.15) is 0 Å². The maximum atomic E-state index is 12.8. The molecule has 1 aromatic carbocycles. The van der Waals surface area contributed by atoms with Crippen LogP contribution >= 0.6 is 0 Å². The van der Waals surface area contributed by atoms with Crippen molar-refractivity contribution in [2.24, 2.45) is 0 Å². The number of carboxylic acids is 1. The van der Waals surface area contributed by atoms with Gasteiger partial charge in [0.25, 0.3) is 0 Å². The van der Waals surface area contributed by atoms with Crippen LogP contribution in [0.3, 0.4) is 0 Å². The van der Waals surface area contributed by atoms with Gasteiger partial charge in [-0.1, -0.05) is 13.3 Å². The number of carbonyl (C=O) groups is 1. The highest BCUT2D eigenvalue weighted by Gasteiger charge is 2.43. The van der Waals surface area contributed by atoms with Crippen molar-refractivity contribution in [1.82, 2.24) is 0 Å². The predicted molar refractivity (Wildman–Crippen MR) is 62.6 cm³/mol. The van der Waals surface area contributed by atoms with E-state index in [4.69, 9.17) is 5.11 Å². The predicted octanol–water partition coefficient (Wildman–Crippen LogP) is 2.67. The lowest BCUT2D eigenvalue weighted by Gasteiger charge is -2.14. The van der Waals surface area contributed by atoms with Crippen LogP contribution < -0.4 is 14.8 Å². The number of nitrogens with one attached hydrogen (secondary N) is 1. The molecule has 19 heavy (non-hydrogen) atoms. The van der Waals surface area contributed by atoms with Crippen LogP contribution in [0.2, 0.25) is 0 Å². The fourth-order valence-electron chi connectivity index (χ4n) is 1.79. The lowest BCUT2D eigenvalue weighted by molar-refractivity contribution is -0.286. The molecule has 1 aromatic rings. The number of aliphatic carboxylic acids is 1. The molecule has 1 atom stereocenters. The van der Waals surface area contributed by atoms with Gasteiger partial charge in [-0.3, -0.25) is 0 Å². The number of ether oxygens (including phenoxy) is 2. The first kappa shape index (κ1) is 13.4. The first-order valence-corrected chi connectivity index (χ1v) is 5.80. The molecule has 0 bridgehead atoms. The van der Waals surface area contributed by atoms with Crippen molar-refractivity contribution in [3.8, 4) is 11.5 Å². The van der Waals surface area contributed by atoms with E-state index in [1.54, 1.807) is 0 Å². The van der Waals surface area contributed by atoms with Gasteiger partial charge in [-0.05, 0) is 18.6 Å². The van der Waals surface area contributed by atoms with Crippen molar-refractivity contribution in [3.63, 3.8) is 0 Å². The minimum Gasteiger partial charge on any atom is -0.480 e. The number of anilines is 1. The molecule has 5 nitrogen and oxygen atoms in total. The number of benzene rings is 1. The van der Waals surface area contributed by atoms with Gasteiger partial charge in [-0.25, -0.2) is 4.79 Å². The van der Waals surface area contributed by atoms with Crippen molar-refractivity contribution in [2.45, 2.75) is 32.1 Å². The molecule has 2 rings (SSSR count). The summed E-state index contributed by atoms with van der Waals surface area (Å²) in [5.74, 6) is -1.18. The van der Waals surface area contributed by atoms with E-state index in [2.05, 4.69) is 14.8 Å². The maximum Gasteiger partial charge on any atom is 0.586 e. The Balaban J connectivity index is 2.13. The summed E-state index contributed by atoms with van der Waals surface area (Å²) in [5, 5.41) is 11.8. The van der Waals surface area contributed by atoms with Crippen LogP contribution in [0.15, 0.2) is 18.2 Å². The molecule has 104 valence electrons. The molecule has 1 unspecified atom stereocenters. The molecule has 7 heteroatoms. The van der Waals surface area contributed by atoms with Crippen molar-refractivity contribution < 1.29 is 28.2 Å². The third-order valence-electron chi connectivity index (χ3n) is 2.62. The van der Waals surface area contributed by atoms with E-state index < -0.39 is 18.3 Å². The summed E-state index contributed by atoms with van der Waals surface area (Å²) in [5.41, 5.74) is 0.390. The Kier molecular flexibility index (Phi) is 3.46. The van der Waals surface area contributed by atoms with Gasteiger partial charge in [0.2, 0.25) is 0 Å². The molecule has 1 aliphatic rings. The highest BCUT2D eigenvalue weighted by molar-refractivity contribution is 5.77. The lowest BCUT2D eigenvalue weighted by Crippen LogP contribution is -2.28. The zero-order valence-corrected chi connectivity index (χ0v) is 10.2. The van der Waals surface area contributed by atoms with Crippen molar-refractivity contribution >= 4 is 11.7 Å². The Hall–Kier alpha value is -2.05. The fourth-order valence-corrected chi connectivity index (χ4v) is 1.79. The lowest BCUT2D eigenvalue weighted by atomic mass is 10.1. The number of rotatable bonds is 5. The largest absolute Gasteiger partial charge is 0.586 e. The summed E-state index contributed by atoms with van der Waals surface area (Å²) in [6, 6.07) is 3.30. The molecule has 1 heterocycles. The summed E-state index contributed by atoms with van der Waals surface area (Å²) in [4.78, 5) is 11.0. The Morgan fingerprint density at radius 3 is 2.74 bits per heavy atom. The van der Waals surface area contributed by atoms with Crippen molar-refractivity contribution in [1.29, 1.82) is 0 Å². The quantitative estimate of drug-likeness (QED) is 0.863. The van der Waals surface area contributed by atoms with Gasteiger partial charge >= 0.3 is 12.3 Å². The highest BCUT2D eigenvalue weighted by Crippen LogP contribution is 2.42. The molecular weight excluding hydrogens is 260 g/mol. The SMILES string of the molecule is CCCC(Nc1ccc2c(c1)OC(F)(F)O2)C(=O)O. The molecule has 0 amide bonds. The zero-order valence-electron chi connectivity index (χ0n) is 10.2. The maximum absolute atomic E-state index is 12.8. The van der Waals surface area contributed by atoms with Crippen LogP contribution in [0.5, 0.6) is 11.5 Å². The van der Waals surface area contributed by atoms with Crippen LogP contribution in [0.1, 0.15) is 19.8 Å². The molecule has 0 saturated heterocycles. The minimum atomic E-state index is -3.67. The monoisotopic (exact) mass is 273 g/mol. The molecule has 0 fully saturated rings. The first-order valence-electron chi connectivity index (χ1n) is 5.80. The van der Waals surface area contributed by atoms with Crippen LogP contribution in [-0.2, 0) is 4.79 Å². The summed E-state index contributed by atoms with van der Waals surface area (Å²) in [6.45, 7) is 1.86. The second kappa shape index (κ2) is 4.91. The van der Waals surface area contributed by atoms with Crippen LogP contribution in [0, 0.1) is 0 Å². The molecule has 0 aromatic heterocycles. The van der Waals surface area contributed by atoms with Gasteiger partial charge < -0.3 is 19.9 Å². The minimum absolute atomic E-state index is 0.0714. The van der Waals surface area contributed by atoms with Crippen LogP contribution in [-0.4, -0.2) is 23.4 Å². The summed E-state index contributed by atoms with van der Waals surface area (Å²) in [6.07, 6.45) is -2.55. The Bertz CT molecular complexity index is 493.